The van der Waals surface area contributed by atoms with Gasteiger partial charge < -0.3 is 10.6 Å². The topological polar surface area (TPSA) is 58.2 Å². The van der Waals surface area contributed by atoms with Gasteiger partial charge in [-0.15, -0.1) is 0 Å². The lowest BCUT2D eigenvalue weighted by molar-refractivity contribution is -0.122. The molecule has 0 radical (unpaired) electrons. The first-order valence-electron chi connectivity index (χ1n) is 4.49. The van der Waals surface area contributed by atoms with Crippen LogP contribution in [-0.4, -0.2) is 29.2 Å². The van der Waals surface area contributed by atoms with Crippen molar-refractivity contribution in [3.63, 3.8) is 0 Å². The maximum atomic E-state index is 11.3. The molecule has 5 heteroatoms. The van der Waals surface area contributed by atoms with Gasteiger partial charge in [0.2, 0.25) is 11.8 Å². The Kier molecular flexibility index (Phi) is 5.76. The van der Waals surface area contributed by atoms with Crippen molar-refractivity contribution in [2.24, 2.45) is 0 Å². The fraction of sp³-hybridized carbons (Fsp3) is 0.778. The third-order valence-corrected chi connectivity index (χ3v) is 1.82. The highest BCUT2D eigenvalue weighted by molar-refractivity contribution is 9.09. The summed E-state index contributed by atoms with van der Waals surface area (Å²) in [7, 11) is 0. The summed E-state index contributed by atoms with van der Waals surface area (Å²) in [5, 5.41) is 5.68. The zero-order chi connectivity index (χ0) is 11.2. The van der Waals surface area contributed by atoms with Crippen LogP contribution in [0.15, 0.2) is 0 Å². The Morgan fingerprint density at radius 2 is 1.79 bits per heavy atom. The van der Waals surface area contributed by atoms with E-state index >= 15 is 0 Å². The Hall–Kier alpha value is -0.580. The van der Waals surface area contributed by atoms with Gasteiger partial charge in [-0.3, -0.25) is 9.59 Å². The maximum absolute atomic E-state index is 11.3. The number of amides is 2. The number of carbonyl (C=O) groups excluding carboxylic acids is 2. The number of alkyl halides is 1. The summed E-state index contributed by atoms with van der Waals surface area (Å²) in [4.78, 5) is 22.0. The Labute approximate surface area is 92.9 Å². The van der Waals surface area contributed by atoms with Gasteiger partial charge in [0.1, 0.15) is 0 Å². The molecule has 4 nitrogen and oxygen atoms in total. The van der Waals surface area contributed by atoms with Crippen LogP contribution in [0.25, 0.3) is 0 Å². The zero-order valence-electron chi connectivity index (χ0n) is 8.82. The fourth-order valence-electron chi connectivity index (χ4n) is 0.843. The number of carbonyl (C=O) groups is 2. The molecule has 14 heavy (non-hydrogen) atoms. The maximum Gasteiger partial charge on any atom is 0.230 e. The molecule has 2 amide bonds. The normalized spacial score (nSPS) is 10.9. The van der Waals surface area contributed by atoms with Crippen molar-refractivity contribution in [2.45, 2.75) is 32.7 Å². The Morgan fingerprint density at radius 3 is 2.21 bits per heavy atom. The van der Waals surface area contributed by atoms with Crippen LogP contribution in [0.4, 0.5) is 0 Å². The van der Waals surface area contributed by atoms with E-state index < -0.39 is 0 Å². The van der Waals surface area contributed by atoms with E-state index in [2.05, 4.69) is 26.6 Å². The molecule has 0 heterocycles. The third kappa shape index (κ3) is 8.04. The summed E-state index contributed by atoms with van der Waals surface area (Å²) in [6, 6.07) is 0. The molecule has 0 unspecified atom stereocenters. The monoisotopic (exact) mass is 264 g/mol. The molecule has 0 aliphatic heterocycles. The number of hydrogen-bond donors (Lipinski definition) is 2. The van der Waals surface area contributed by atoms with E-state index in [9.17, 15) is 9.59 Å². The third-order valence-electron chi connectivity index (χ3n) is 1.31. The highest BCUT2D eigenvalue weighted by atomic mass is 79.9. The SMILES string of the molecule is CC(C)(C)NC(=O)CCNC(=O)CBr. The molecule has 0 aromatic carbocycles. The molecule has 82 valence electrons. The van der Waals surface area contributed by atoms with Gasteiger partial charge in [0, 0.05) is 18.5 Å². The van der Waals surface area contributed by atoms with Gasteiger partial charge in [-0.25, -0.2) is 0 Å². The fourth-order valence-corrected chi connectivity index (χ4v) is 1.04. The predicted molar refractivity (Wildman–Crippen MR) is 59.3 cm³/mol. The Bertz CT molecular complexity index is 211. The van der Waals surface area contributed by atoms with Crippen molar-refractivity contribution in [3.8, 4) is 0 Å². The quantitative estimate of drug-likeness (QED) is 0.739. The van der Waals surface area contributed by atoms with Gasteiger partial charge in [-0.05, 0) is 20.8 Å². The van der Waals surface area contributed by atoms with Gasteiger partial charge in [0.25, 0.3) is 0 Å². The molecular formula is C9H17BrN2O2. The molecule has 0 atom stereocenters. The Balaban J connectivity index is 3.60. The van der Waals surface area contributed by atoms with Crippen LogP contribution >= 0.6 is 15.9 Å². The standard InChI is InChI=1S/C9H17BrN2O2/c1-9(2,3)12-7(13)4-5-11-8(14)6-10/h4-6H2,1-3H3,(H,11,14)(H,12,13). The average Bonchev–Trinajstić information content (AvgIpc) is 2.00. The van der Waals surface area contributed by atoms with Crippen LogP contribution in [0.1, 0.15) is 27.2 Å². The lowest BCUT2D eigenvalue weighted by atomic mass is 10.1. The lowest BCUT2D eigenvalue weighted by Gasteiger charge is -2.20. The van der Waals surface area contributed by atoms with Crippen molar-refractivity contribution >= 4 is 27.7 Å². The van der Waals surface area contributed by atoms with E-state index in [1.165, 1.54) is 0 Å². The van der Waals surface area contributed by atoms with Crippen molar-refractivity contribution in [1.82, 2.24) is 10.6 Å². The van der Waals surface area contributed by atoms with Crippen molar-refractivity contribution in [2.75, 3.05) is 11.9 Å². The van der Waals surface area contributed by atoms with E-state index in [4.69, 9.17) is 0 Å². The van der Waals surface area contributed by atoms with Crippen LogP contribution in [-0.2, 0) is 9.59 Å². The second-order valence-corrected chi connectivity index (χ2v) is 4.59. The number of rotatable bonds is 4. The minimum Gasteiger partial charge on any atom is -0.355 e. The summed E-state index contributed by atoms with van der Waals surface area (Å²) in [6.07, 6.45) is 0.315. The van der Waals surface area contributed by atoms with Crippen molar-refractivity contribution < 1.29 is 9.59 Å². The van der Waals surface area contributed by atoms with E-state index in [-0.39, 0.29) is 22.7 Å². The second-order valence-electron chi connectivity index (χ2n) is 4.03. The Morgan fingerprint density at radius 1 is 1.21 bits per heavy atom. The molecule has 0 bridgehead atoms. The smallest absolute Gasteiger partial charge is 0.230 e. The summed E-state index contributed by atoms with van der Waals surface area (Å²) >= 11 is 3.02. The molecule has 0 saturated carbocycles. The van der Waals surface area contributed by atoms with Gasteiger partial charge in [0.05, 0.1) is 5.33 Å². The first kappa shape index (κ1) is 13.4. The van der Waals surface area contributed by atoms with Gasteiger partial charge in [-0.2, -0.15) is 0 Å². The first-order chi connectivity index (χ1) is 6.35. The summed E-state index contributed by atoms with van der Waals surface area (Å²) < 4.78 is 0. The van der Waals surface area contributed by atoms with E-state index in [0.29, 0.717) is 13.0 Å². The largest absolute Gasteiger partial charge is 0.355 e. The van der Waals surface area contributed by atoms with Crippen molar-refractivity contribution in [1.29, 1.82) is 0 Å². The van der Waals surface area contributed by atoms with Crippen LogP contribution in [0.2, 0.25) is 0 Å². The number of halogens is 1. The summed E-state index contributed by atoms with van der Waals surface area (Å²) in [5.41, 5.74) is -0.212. The molecule has 0 saturated heterocycles. The predicted octanol–water partition coefficient (Wildman–Crippen LogP) is 0.802. The summed E-state index contributed by atoms with van der Waals surface area (Å²) in [5.74, 6) is -0.152. The molecule has 0 rings (SSSR count). The van der Waals surface area contributed by atoms with E-state index in [1.807, 2.05) is 20.8 Å². The first-order valence-corrected chi connectivity index (χ1v) is 5.61. The van der Waals surface area contributed by atoms with Crippen LogP contribution in [0.5, 0.6) is 0 Å². The van der Waals surface area contributed by atoms with Gasteiger partial charge >= 0.3 is 0 Å². The number of nitrogens with one attached hydrogen (secondary N) is 2. The minimum atomic E-state index is -0.212. The molecular weight excluding hydrogens is 248 g/mol. The minimum absolute atomic E-state index is 0.0487. The van der Waals surface area contributed by atoms with Crippen LogP contribution in [0, 0.1) is 0 Å². The highest BCUT2D eigenvalue weighted by Gasteiger charge is 2.13. The second kappa shape index (κ2) is 6.01. The van der Waals surface area contributed by atoms with Crippen LogP contribution in [0.3, 0.4) is 0 Å². The van der Waals surface area contributed by atoms with E-state index in [0.717, 1.165) is 0 Å². The molecule has 0 spiro atoms. The molecule has 0 aromatic heterocycles. The highest BCUT2D eigenvalue weighted by Crippen LogP contribution is 1.98. The van der Waals surface area contributed by atoms with Gasteiger partial charge in [-0.1, -0.05) is 15.9 Å². The average molecular weight is 265 g/mol. The zero-order valence-corrected chi connectivity index (χ0v) is 10.4. The van der Waals surface area contributed by atoms with E-state index in [1.54, 1.807) is 0 Å². The molecule has 0 aromatic rings. The van der Waals surface area contributed by atoms with Crippen molar-refractivity contribution in [3.05, 3.63) is 0 Å². The molecule has 0 aliphatic rings. The molecule has 2 N–H and O–H groups in total. The van der Waals surface area contributed by atoms with Gasteiger partial charge in [0.15, 0.2) is 0 Å². The van der Waals surface area contributed by atoms with Crippen LogP contribution < -0.4 is 10.6 Å². The number of hydrogen-bond acceptors (Lipinski definition) is 2. The lowest BCUT2D eigenvalue weighted by Crippen LogP contribution is -2.42. The summed E-state index contributed by atoms with van der Waals surface area (Å²) in [6.45, 7) is 6.14. The molecule has 0 aliphatic carbocycles. The molecule has 0 fully saturated rings.